The van der Waals surface area contributed by atoms with Crippen molar-refractivity contribution in [1.29, 1.82) is 0 Å². The van der Waals surface area contributed by atoms with Gasteiger partial charge in [-0.1, -0.05) is 41.4 Å². The van der Waals surface area contributed by atoms with Gasteiger partial charge < -0.3 is 10.4 Å². The second kappa shape index (κ2) is 7.66. The molecule has 2 heterocycles. The molecule has 0 aliphatic heterocycles. The number of nitrogens with zero attached hydrogens (tertiary/aromatic N) is 2. The fourth-order valence-electron chi connectivity index (χ4n) is 3.18. The van der Waals surface area contributed by atoms with Crippen molar-refractivity contribution in [3.05, 3.63) is 93.9 Å². The van der Waals surface area contributed by atoms with Gasteiger partial charge in [0.25, 0.3) is 0 Å². The van der Waals surface area contributed by atoms with E-state index in [0.717, 1.165) is 16.6 Å². The first-order valence-electron chi connectivity index (χ1n) is 8.73. The summed E-state index contributed by atoms with van der Waals surface area (Å²) in [6, 6.07) is 16.4. The number of halogens is 2. The van der Waals surface area contributed by atoms with Crippen molar-refractivity contribution in [3.8, 4) is 5.75 Å². The molecular weight excluding hydrogens is 393 g/mol. The minimum absolute atomic E-state index is 0.139. The van der Waals surface area contributed by atoms with Gasteiger partial charge in [0.1, 0.15) is 11.3 Å². The van der Waals surface area contributed by atoms with Crippen molar-refractivity contribution in [3.63, 3.8) is 0 Å². The maximum atomic E-state index is 11.0. The second-order valence-corrected chi connectivity index (χ2v) is 7.35. The van der Waals surface area contributed by atoms with Crippen LogP contribution in [0.25, 0.3) is 10.9 Å². The van der Waals surface area contributed by atoms with Crippen LogP contribution in [0.4, 0.5) is 5.69 Å². The van der Waals surface area contributed by atoms with E-state index in [9.17, 15) is 5.11 Å². The Bertz CT molecular complexity index is 1150. The number of anilines is 1. The lowest BCUT2D eigenvalue weighted by atomic mass is 9.96. The van der Waals surface area contributed by atoms with E-state index in [0.29, 0.717) is 26.8 Å². The molecule has 28 heavy (non-hydrogen) atoms. The molecule has 4 aromatic rings. The lowest BCUT2D eigenvalue weighted by Crippen LogP contribution is -2.13. The average Bonchev–Trinajstić information content (AvgIpc) is 2.69. The van der Waals surface area contributed by atoms with E-state index in [1.165, 1.54) is 0 Å². The summed E-state index contributed by atoms with van der Waals surface area (Å²) in [5.74, 6) is 0.139. The maximum absolute atomic E-state index is 11.0. The van der Waals surface area contributed by atoms with Crippen LogP contribution in [-0.2, 0) is 0 Å². The van der Waals surface area contributed by atoms with Crippen LogP contribution in [0, 0.1) is 6.92 Å². The Hall–Kier alpha value is -2.82. The van der Waals surface area contributed by atoms with Crippen molar-refractivity contribution in [2.75, 3.05) is 5.32 Å². The predicted octanol–water partition coefficient (Wildman–Crippen LogP) is 6.15. The summed E-state index contributed by atoms with van der Waals surface area (Å²) in [5.41, 5.74) is 3.75. The molecule has 1 atom stereocenters. The molecule has 6 heteroatoms. The quantitative estimate of drug-likeness (QED) is 0.424. The zero-order valence-corrected chi connectivity index (χ0v) is 16.5. The van der Waals surface area contributed by atoms with Crippen LogP contribution < -0.4 is 5.32 Å². The molecule has 2 aromatic carbocycles. The van der Waals surface area contributed by atoms with Gasteiger partial charge in [-0.15, -0.1) is 0 Å². The van der Waals surface area contributed by atoms with Gasteiger partial charge in [0, 0.05) is 34.1 Å². The molecule has 0 amide bonds. The summed E-state index contributed by atoms with van der Waals surface area (Å²) < 4.78 is 0. The SMILES string of the molecule is Cc1ccc2ccc(C(Nc3ccc(Cl)cc3Cl)c3ccncc3)c(O)c2n1. The normalized spacial score (nSPS) is 12.1. The number of aromatic hydroxyl groups is 1. The number of hydrogen-bond donors (Lipinski definition) is 2. The van der Waals surface area contributed by atoms with Gasteiger partial charge >= 0.3 is 0 Å². The number of rotatable bonds is 4. The Balaban J connectivity index is 1.86. The average molecular weight is 410 g/mol. The predicted molar refractivity (Wildman–Crippen MR) is 114 cm³/mol. The van der Waals surface area contributed by atoms with Gasteiger partial charge in [0.15, 0.2) is 0 Å². The minimum Gasteiger partial charge on any atom is -0.505 e. The molecule has 0 radical (unpaired) electrons. The highest BCUT2D eigenvalue weighted by molar-refractivity contribution is 6.36. The zero-order valence-electron chi connectivity index (χ0n) is 15.0. The number of nitrogens with one attached hydrogen (secondary N) is 1. The van der Waals surface area contributed by atoms with Gasteiger partial charge in [-0.05, 0) is 48.9 Å². The first-order chi connectivity index (χ1) is 13.5. The number of fused-ring (bicyclic) bond motifs is 1. The lowest BCUT2D eigenvalue weighted by Gasteiger charge is -2.23. The van der Waals surface area contributed by atoms with E-state index in [1.54, 1.807) is 24.5 Å². The molecule has 0 aliphatic rings. The van der Waals surface area contributed by atoms with Crippen molar-refractivity contribution < 1.29 is 5.11 Å². The van der Waals surface area contributed by atoms with E-state index in [-0.39, 0.29) is 11.8 Å². The first kappa shape index (κ1) is 18.5. The molecule has 1 unspecified atom stereocenters. The molecule has 2 N–H and O–H groups in total. The largest absolute Gasteiger partial charge is 0.505 e. The van der Waals surface area contributed by atoms with Crippen LogP contribution in [0.15, 0.2) is 67.0 Å². The number of pyridine rings is 2. The molecule has 2 aromatic heterocycles. The Labute approximate surface area is 172 Å². The molecule has 0 spiro atoms. The molecule has 0 saturated carbocycles. The van der Waals surface area contributed by atoms with Crippen LogP contribution >= 0.6 is 23.2 Å². The standard InChI is InChI=1S/C22H17Cl2N3O/c1-13-2-3-14-4-6-17(22(28)21(14)26-13)20(15-8-10-25-11-9-15)27-19-7-5-16(23)12-18(19)24/h2-12,20,27-28H,1H3. The first-order valence-corrected chi connectivity index (χ1v) is 9.49. The fraction of sp³-hybridized carbons (Fsp3) is 0.0909. The third kappa shape index (κ3) is 3.61. The van der Waals surface area contributed by atoms with Crippen molar-refractivity contribution in [2.45, 2.75) is 13.0 Å². The molecule has 0 saturated heterocycles. The van der Waals surface area contributed by atoms with Crippen molar-refractivity contribution >= 4 is 39.8 Å². The fourth-order valence-corrected chi connectivity index (χ4v) is 3.64. The van der Waals surface area contributed by atoms with Gasteiger partial charge in [-0.3, -0.25) is 4.98 Å². The number of aromatic nitrogens is 2. The highest BCUT2D eigenvalue weighted by atomic mass is 35.5. The van der Waals surface area contributed by atoms with E-state index >= 15 is 0 Å². The number of phenolic OH excluding ortho intramolecular Hbond substituents is 1. The Morgan fingerprint density at radius 3 is 2.46 bits per heavy atom. The number of aryl methyl sites for hydroxylation is 1. The third-order valence-electron chi connectivity index (χ3n) is 4.59. The zero-order chi connectivity index (χ0) is 19.7. The summed E-state index contributed by atoms with van der Waals surface area (Å²) in [4.78, 5) is 8.61. The summed E-state index contributed by atoms with van der Waals surface area (Å²) >= 11 is 12.4. The summed E-state index contributed by atoms with van der Waals surface area (Å²) in [7, 11) is 0. The topological polar surface area (TPSA) is 58.0 Å². The summed E-state index contributed by atoms with van der Waals surface area (Å²) in [6.45, 7) is 1.90. The van der Waals surface area contributed by atoms with E-state index in [4.69, 9.17) is 23.2 Å². The molecule has 0 fully saturated rings. The molecular formula is C22H17Cl2N3O. The highest BCUT2D eigenvalue weighted by Crippen LogP contribution is 2.38. The minimum atomic E-state index is -0.353. The van der Waals surface area contributed by atoms with E-state index in [1.807, 2.05) is 49.4 Å². The Morgan fingerprint density at radius 2 is 1.71 bits per heavy atom. The smallest absolute Gasteiger partial charge is 0.147 e. The third-order valence-corrected chi connectivity index (χ3v) is 5.14. The van der Waals surface area contributed by atoms with Crippen molar-refractivity contribution in [1.82, 2.24) is 9.97 Å². The molecule has 4 rings (SSSR count). The van der Waals surface area contributed by atoms with E-state index < -0.39 is 0 Å². The Morgan fingerprint density at radius 1 is 0.964 bits per heavy atom. The van der Waals surface area contributed by atoms with Gasteiger partial charge in [0.2, 0.25) is 0 Å². The summed E-state index contributed by atoms with van der Waals surface area (Å²) in [5, 5.41) is 16.4. The molecule has 0 aliphatic carbocycles. The number of benzene rings is 2. The summed E-state index contributed by atoms with van der Waals surface area (Å²) in [6.07, 6.45) is 3.43. The highest BCUT2D eigenvalue weighted by Gasteiger charge is 2.21. The molecule has 140 valence electrons. The van der Waals surface area contributed by atoms with Crippen LogP contribution in [0.5, 0.6) is 5.75 Å². The molecule has 0 bridgehead atoms. The van der Waals surface area contributed by atoms with Crippen molar-refractivity contribution in [2.24, 2.45) is 0 Å². The van der Waals surface area contributed by atoms with Gasteiger partial charge in [-0.2, -0.15) is 0 Å². The van der Waals surface area contributed by atoms with Crippen LogP contribution in [-0.4, -0.2) is 15.1 Å². The van der Waals surface area contributed by atoms with Crippen LogP contribution in [0.1, 0.15) is 22.9 Å². The monoisotopic (exact) mass is 409 g/mol. The molecule has 4 nitrogen and oxygen atoms in total. The Kier molecular flexibility index (Phi) is 5.07. The van der Waals surface area contributed by atoms with Crippen LogP contribution in [0.3, 0.4) is 0 Å². The number of hydrogen-bond acceptors (Lipinski definition) is 4. The maximum Gasteiger partial charge on any atom is 0.147 e. The van der Waals surface area contributed by atoms with Gasteiger partial charge in [-0.25, -0.2) is 4.98 Å². The van der Waals surface area contributed by atoms with E-state index in [2.05, 4.69) is 15.3 Å². The van der Waals surface area contributed by atoms with Crippen LogP contribution in [0.2, 0.25) is 10.0 Å². The second-order valence-electron chi connectivity index (χ2n) is 6.51. The lowest BCUT2D eigenvalue weighted by molar-refractivity contribution is 0.471. The van der Waals surface area contributed by atoms with Gasteiger partial charge in [0.05, 0.1) is 16.8 Å². The number of phenols is 1.